The van der Waals surface area contributed by atoms with Crippen LogP contribution in [0.15, 0.2) is 16.5 Å². The highest BCUT2D eigenvalue weighted by atomic mass is 16.6. The van der Waals surface area contributed by atoms with Gasteiger partial charge in [-0.3, -0.25) is 0 Å². The van der Waals surface area contributed by atoms with Crippen molar-refractivity contribution >= 4 is 0 Å². The Balaban J connectivity index is 2.40. The molecule has 0 aromatic carbocycles. The third-order valence-electron chi connectivity index (χ3n) is 2.12. The Morgan fingerprint density at radius 3 is 2.53 bits per heavy atom. The first-order valence-corrected chi connectivity index (χ1v) is 5.38. The number of hydrogen-bond acceptors (Lipinski definition) is 3. The third-order valence-corrected chi connectivity index (χ3v) is 2.12. The Hall–Kier alpha value is -0.960. The molecule has 1 aromatic rings. The van der Waals surface area contributed by atoms with Crippen molar-refractivity contribution < 1.29 is 14.3 Å². The van der Waals surface area contributed by atoms with Crippen LogP contribution in [0.25, 0.3) is 0 Å². The van der Waals surface area contributed by atoms with Crippen LogP contribution in [0.2, 0.25) is 0 Å². The van der Waals surface area contributed by atoms with Gasteiger partial charge in [-0.1, -0.05) is 20.8 Å². The Bertz CT molecular complexity index is 283. The summed E-state index contributed by atoms with van der Waals surface area (Å²) in [5.41, 5.74) is 0.0205. The van der Waals surface area contributed by atoms with Gasteiger partial charge >= 0.3 is 0 Å². The number of ether oxygens (including phenoxy) is 1. The third kappa shape index (κ3) is 3.96. The van der Waals surface area contributed by atoms with E-state index in [0.29, 0.717) is 12.6 Å². The largest absolute Gasteiger partial charge is 0.465 e. The minimum atomic E-state index is 0.0205. The highest BCUT2D eigenvalue weighted by molar-refractivity contribution is 5.17. The van der Waals surface area contributed by atoms with E-state index in [9.17, 15) is 0 Å². The molecule has 0 aliphatic heterocycles. The SMILES string of the molecule is CC(C)(C)c1ccc(OCCCCO)o1. The van der Waals surface area contributed by atoms with Crippen molar-refractivity contribution in [2.75, 3.05) is 13.2 Å². The molecule has 0 fully saturated rings. The fourth-order valence-corrected chi connectivity index (χ4v) is 1.19. The molecule has 15 heavy (non-hydrogen) atoms. The van der Waals surface area contributed by atoms with Gasteiger partial charge in [-0.25, -0.2) is 0 Å². The fraction of sp³-hybridized carbons (Fsp3) is 0.667. The summed E-state index contributed by atoms with van der Waals surface area (Å²) in [7, 11) is 0. The van der Waals surface area contributed by atoms with Crippen LogP contribution >= 0.6 is 0 Å². The summed E-state index contributed by atoms with van der Waals surface area (Å²) in [6.07, 6.45) is 1.62. The second-order valence-corrected chi connectivity index (χ2v) is 4.65. The molecule has 0 amide bonds. The molecule has 0 unspecified atom stereocenters. The summed E-state index contributed by atoms with van der Waals surface area (Å²) in [6.45, 7) is 7.11. The second-order valence-electron chi connectivity index (χ2n) is 4.65. The van der Waals surface area contributed by atoms with Gasteiger partial charge in [0.25, 0.3) is 5.95 Å². The molecule has 1 aromatic heterocycles. The molecule has 0 atom stereocenters. The molecule has 86 valence electrons. The van der Waals surface area contributed by atoms with Crippen molar-refractivity contribution in [1.29, 1.82) is 0 Å². The lowest BCUT2D eigenvalue weighted by Gasteiger charge is -2.13. The minimum Gasteiger partial charge on any atom is -0.465 e. The average Bonchev–Trinajstić information content (AvgIpc) is 2.60. The zero-order valence-corrected chi connectivity index (χ0v) is 9.75. The predicted octanol–water partition coefficient (Wildman–Crippen LogP) is 2.73. The maximum Gasteiger partial charge on any atom is 0.284 e. The molecule has 0 saturated carbocycles. The van der Waals surface area contributed by atoms with Gasteiger partial charge < -0.3 is 14.3 Å². The van der Waals surface area contributed by atoms with Crippen LogP contribution in [-0.2, 0) is 5.41 Å². The Morgan fingerprint density at radius 1 is 1.27 bits per heavy atom. The highest BCUT2D eigenvalue weighted by Crippen LogP contribution is 2.27. The van der Waals surface area contributed by atoms with Crippen molar-refractivity contribution in [2.24, 2.45) is 0 Å². The van der Waals surface area contributed by atoms with Crippen LogP contribution in [0.4, 0.5) is 0 Å². The summed E-state index contributed by atoms with van der Waals surface area (Å²) in [5, 5.41) is 8.60. The Labute approximate surface area is 91.1 Å². The number of aliphatic hydroxyl groups excluding tert-OH is 1. The average molecular weight is 212 g/mol. The van der Waals surface area contributed by atoms with Crippen LogP contribution in [0.5, 0.6) is 5.95 Å². The summed E-state index contributed by atoms with van der Waals surface area (Å²) in [4.78, 5) is 0. The first kappa shape index (κ1) is 12.1. The molecule has 0 spiro atoms. The quantitative estimate of drug-likeness (QED) is 0.763. The van der Waals surface area contributed by atoms with E-state index < -0.39 is 0 Å². The second kappa shape index (κ2) is 5.21. The number of unbranched alkanes of at least 4 members (excludes halogenated alkanes) is 1. The summed E-state index contributed by atoms with van der Waals surface area (Å²) in [6, 6.07) is 3.79. The van der Waals surface area contributed by atoms with Crippen LogP contribution in [0.3, 0.4) is 0 Å². The molecular weight excluding hydrogens is 192 g/mol. The molecule has 1 N–H and O–H groups in total. The maximum atomic E-state index is 8.60. The molecule has 3 nitrogen and oxygen atoms in total. The molecule has 0 bridgehead atoms. The van der Waals surface area contributed by atoms with Crippen molar-refractivity contribution in [3.63, 3.8) is 0 Å². The molecule has 1 rings (SSSR count). The van der Waals surface area contributed by atoms with Crippen LogP contribution < -0.4 is 4.74 Å². The van der Waals surface area contributed by atoms with Gasteiger partial charge in [0.2, 0.25) is 0 Å². The smallest absolute Gasteiger partial charge is 0.284 e. The summed E-state index contributed by atoms with van der Waals surface area (Å²) < 4.78 is 10.9. The summed E-state index contributed by atoms with van der Waals surface area (Å²) >= 11 is 0. The molecule has 0 radical (unpaired) electrons. The lowest BCUT2D eigenvalue weighted by atomic mass is 9.94. The highest BCUT2D eigenvalue weighted by Gasteiger charge is 2.18. The molecule has 0 aliphatic carbocycles. The maximum absolute atomic E-state index is 8.60. The topological polar surface area (TPSA) is 42.6 Å². The summed E-state index contributed by atoms with van der Waals surface area (Å²) in [5.74, 6) is 1.50. The van der Waals surface area contributed by atoms with Gasteiger partial charge in [0.15, 0.2) is 0 Å². The normalized spacial score (nSPS) is 11.7. The van der Waals surface area contributed by atoms with Gasteiger partial charge in [0, 0.05) is 18.1 Å². The minimum absolute atomic E-state index is 0.0205. The van der Waals surface area contributed by atoms with Crippen molar-refractivity contribution in [1.82, 2.24) is 0 Å². The van der Waals surface area contributed by atoms with E-state index in [0.717, 1.165) is 18.6 Å². The number of furan rings is 1. The Morgan fingerprint density at radius 2 is 2.00 bits per heavy atom. The van der Waals surface area contributed by atoms with E-state index in [2.05, 4.69) is 20.8 Å². The van der Waals surface area contributed by atoms with Gasteiger partial charge in [-0.2, -0.15) is 0 Å². The fourth-order valence-electron chi connectivity index (χ4n) is 1.19. The lowest BCUT2D eigenvalue weighted by Crippen LogP contribution is -2.09. The van der Waals surface area contributed by atoms with Crippen molar-refractivity contribution in [2.45, 2.75) is 39.0 Å². The van der Waals surface area contributed by atoms with Gasteiger partial charge in [0.05, 0.1) is 6.61 Å². The molecular formula is C12H20O3. The van der Waals surface area contributed by atoms with E-state index in [-0.39, 0.29) is 12.0 Å². The first-order chi connectivity index (χ1) is 7.04. The van der Waals surface area contributed by atoms with E-state index in [1.165, 1.54) is 0 Å². The first-order valence-electron chi connectivity index (χ1n) is 5.38. The number of hydrogen-bond donors (Lipinski definition) is 1. The zero-order valence-electron chi connectivity index (χ0n) is 9.75. The van der Waals surface area contributed by atoms with E-state index in [1.54, 1.807) is 0 Å². The van der Waals surface area contributed by atoms with Crippen LogP contribution in [-0.4, -0.2) is 18.3 Å². The Kier molecular flexibility index (Phi) is 4.21. The number of rotatable bonds is 5. The monoisotopic (exact) mass is 212 g/mol. The van der Waals surface area contributed by atoms with E-state index in [4.69, 9.17) is 14.3 Å². The predicted molar refractivity (Wildman–Crippen MR) is 59.2 cm³/mol. The molecule has 0 saturated heterocycles. The van der Waals surface area contributed by atoms with Crippen molar-refractivity contribution in [3.8, 4) is 5.95 Å². The molecule has 0 aliphatic rings. The molecule has 1 heterocycles. The zero-order chi connectivity index (χ0) is 11.3. The van der Waals surface area contributed by atoms with Gasteiger partial charge in [-0.05, 0) is 18.9 Å². The lowest BCUT2D eigenvalue weighted by molar-refractivity contribution is 0.209. The van der Waals surface area contributed by atoms with Crippen molar-refractivity contribution in [3.05, 3.63) is 17.9 Å². The standard InChI is InChI=1S/C12H20O3/c1-12(2,3)10-6-7-11(15-10)14-9-5-4-8-13/h6-7,13H,4-5,8-9H2,1-3H3. The van der Waals surface area contributed by atoms with E-state index in [1.807, 2.05) is 12.1 Å². The van der Waals surface area contributed by atoms with E-state index >= 15 is 0 Å². The number of aliphatic hydroxyl groups is 1. The van der Waals surface area contributed by atoms with Crippen LogP contribution in [0, 0.1) is 0 Å². The van der Waals surface area contributed by atoms with Gasteiger partial charge in [-0.15, -0.1) is 0 Å². The molecule has 3 heteroatoms. The van der Waals surface area contributed by atoms with Gasteiger partial charge in [0.1, 0.15) is 5.76 Å². The van der Waals surface area contributed by atoms with Crippen LogP contribution in [0.1, 0.15) is 39.4 Å².